The van der Waals surface area contributed by atoms with Crippen LogP contribution in [0.25, 0.3) is 11.0 Å². The number of Topliss-reactive ketones (excluding diaryl/α,β-unsaturated/α-hetero) is 1. The highest BCUT2D eigenvalue weighted by molar-refractivity contribution is 7.91. The first-order chi connectivity index (χ1) is 17.9. The molecule has 0 radical (unpaired) electrons. The predicted molar refractivity (Wildman–Crippen MR) is 144 cm³/mol. The lowest BCUT2D eigenvalue weighted by molar-refractivity contribution is -0.128. The highest BCUT2D eigenvalue weighted by atomic mass is 32.2. The van der Waals surface area contributed by atoms with Crippen LogP contribution < -0.4 is 9.47 Å². The van der Waals surface area contributed by atoms with Gasteiger partial charge in [0.2, 0.25) is 15.2 Å². The zero-order valence-electron chi connectivity index (χ0n) is 22.5. The second kappa shape index (κ2) is 9.15. The first-order valence-corrected chi connectivity index (χ1v) is 15.5. The van der Waals surface area contributed by atoms with E-state index in [2.05, 4.69) is 9.97 Å². The van der Waals surface area contributed by atoms with E-state index < -0.39 is 31.7 Å². The van der Waals surface area contributed by atoms with Crippen molar-refractivity contribution in [3.63, 3.8) is 0 Å². The second-order valence-corrected chi connectivity index (χ2v) is 14.1. The third kappa shape index (κ3) is 3.88. The lowest BCUT2D eigenvalue weighted by Gasteiger charge is -2.36. The van der Waals surface area contributed by atoms with E-state index >= 15 is 0 Å². The molecule has 0 saturated heterocycles. The van der Waals surface area contributed by atoms with Crippen molar-refractivity contribution in [2.45, 2.75) is 57.9 Å². The van der Waals surface area contributed by atoms with Gasteiger partial charge in [-0.1, -0.05) is 13.8 Å². The van der Waals surface area contributed by atoms with Crippen molar-refractivity contribution >= 4 is 37.6 Å². The summed E-state index contributed by atoms with van der Waals surface area (Å²) in [5.74, 6) is 0.933. The number of hydrogen-bond donors (Lipinski definition) is 0. The summed E-state index contributed by atoms with van der Waals surface area (Å²) in [6.07, 6.45) is 3.42. The molecule has 0 N–H and O–H groups in total. The second-order valence-electron chi connectivity index (χ2n) is 11.0. The first kappa shape index (κ1) is 26.8. The Morgan fingerprint density at radius 2 is 1.92 bits per heavy atom. The van der Waals surface area contributed by atoms with E-state index in [1.807, 2.05) is 27.7 Å². The number of carbonyl (C=O) groups is 1. The van der Waals surface area contributed by atoms with E-state index in [1.54, 1.807) is 31.5 Å². The molecular formula is C27H33N3O6S2. The SMILES string of the molecule is COc1ccc2c(c1)nc(S(=O)Cc1ncc(C)c(OC)c1C)n2S(=O)(=O)C[C@@]12CC[C@H](CC1=O)C2(C)C. The molecule has 9 nitrogen and oxygen atoms in total. The molecule has 38 heavy (non-hydrogen) atoms. The van der Waals surface area contributed by atoms with Crippen LogP contribution in [-0.4, -0.2) is 52.3 Å². The van der Waals surface area contributed by atoms with Crippen molar-refractivity contribution in [2.24, 2.45) is 16.7 Å². The first-order valence-electron chi connectivity index (χ1n) is 12.6. The zero-order chi connectivity index (χ0) is 27.6. The maximum Gasteiger partial charge on any atom is 0.242 e. The van der Waals surface area contributed by atoms with E-state index in [4.69, 9.17) is 9.47 Å². The van der Waals surface area contributed by atoms with Crippen LogP contribution >= 0.6 is 0 Å². The van der Waals surface area contributed by atoms with Gasteiger partial charge >= 0.3 is 0 Å². The Morgan fingerprint density at radius 3 is 2.53 bits per heavy atom. The van der Waals surface area contributed by atoms with Crippen LogP contribution in [0.5, 0.6) is 11.5 Å². The Morgan fingerprint density at radius 1 is 1.18 bits per heavy atom. The average molecular weight is 560 g/mol. The Kier molecular flexibility index (Phi) is 6.45. The van der Waals surface area contributed by atoms with Crippen LogP contribution in [0.15, 0.2) is 29.6 Å². The summed E-state index contributed by atoms with van der Waals surface area (Å²) < 4.78 is 54.1. The number of ketones is 1. The quantitative estimate of drug-likeness (QED) is 0.407. The van der Waals surface area contributed by atoms with Gasteiger partial charge in [0.1, 0.15) is 17.3 Å². The highest BCUT2D eigenvalue weighted by Crippen LogP contribution is 2.64. The maximum absolute atomic E-state index is 14.2. The van der Waals surface area contributed by atoms with Crippen LogP contribution in [0.4, 0.5) is 0 Å². The molecule has 2 heterocycles. The molecule has 2 aliphatic carbocycles. The van der Waals surface area contributed by atoms with Gasteiger partial charge in [-0.05, 0) is 50.2 Å². The molecule has 204 valence electrons. The van der Waals surface area contributed by atoms with Crippen LogP contribution in [0.3, 0.4) is 0 Å². The van der Waals surface area contributed by atoms with Crippen molar-refractivity contribution in [3.8, 4) is 11.5 Å². The fraction of sp³-hybridized carbons (Fsp3) is 0.519. The summed E-state index contributed by atoms with van der Waals surface area (Å²) >= 11 is 0. The monoisotopic (exact) mass is 559 g/mol. The van der Waals surface area contributed by atoms with Gasteiger partial charge < -0.3 is 9.47 Å². The van der Waals surface area contributed by atoms with Crippen LogP contribution in [0.2, 0.25) is 0 Å². The number of aromatic nitrogens is 3. The molecular weight excluding hydrogens is 526 g/mol. The third-order valence-electron chi connectivity index (χ3n) is 8.86. The van der Waals surface area contributed by atoms with Gasteiger partial charge in [-0.3, -0.25) is 14.0 Å². The van der Waals surface area contributed by atoms with Gasteiger partial charge in [0.15, 0.2) is 0 Å². The van der Waals surface area contributed by atoms with E-state index in [0.717, 1.165) is 21.5 Å². The lowest BCUT2D eigenvalue weighted by Crippen LogP contribution is -2.43. The fourth-order valence-electron chi connectivity index (χ4n) is 6.44. The molecule has 2 bridgehead atoms. The largest absolute Gasteiger partial charge is 0.497 e. The van der Waals surface area contributed by atoms with E-state index in [9.17, 15) is 17.4 Å². The number of pyridine rings is 1. The molecule has 5 rings (SSSR count). The number of nitrogens with zero attached hydrogens (tertiary/aromatic N) is 3. The fourth-order valence-corrected chi connectivity index (χ4v) is 10.3. The molecule has 1 unspecified atom stereocenters. The molecule has 2 aliphatic rings. The van der Waals surface area contributed by atoms with Gasteiger partial charge in [-0.15, -0.1) is 0 Å². The van der Waals surface area contributed by atoms with E-state index in [0.29, 0.717) is 41.1 Å². The molecule has 1 aromatic carbocycles. The Labute approximate surface area is 225 Å². The molecule has 3 atom stereocenters. The smallest absolute Gasteiger partial charge is 0.242 e. The van der Waals surface area contributed by atoms with Gasteiger partial charge in [0.05, 0.1) is 58.7 Å². The molecule has 0 aliphatic heterocycles. The number of ether oxygens (including phenoxy) is 2. The minimum Gasteiger partial charge on any atom is -0.497 e. The number of methoxy groups -OCH3 is 2. The van der Waals surface area contributed by atoms with Crippen LogP contribution in [0, 0.1) is 30.6 Å². The number of fused-ring (bicyclic) bond motifs is 3. The number of imidazole rings is 1. The normalized spacial score (nSPS) is 23.2. The summed E-state index contributed by atoms with van der Waals surface area (Å²) in [6, 6.07) is 4.87. The van der Waals surface area contributed by atoms with Crippen molar-refractivity contribution in [1.82, 2.24) is 13.9 Å². The predicted octanol–water partition coefficient (Wildman–Crippen LogP) is 3.95. The number of carbonyl (C=O) groups excluding carboxylic acids is 1. The van der Waals surface area contributed by atoms with Gasteiger partial charge in [-0.25, -0.2) is 17.4 Å². The Hall–Kier alpha value is -2.79. The minimum atomic E-state index is -4.14. The van der Waals surface area contributed by atoms with Crippen LogP contribution in [0.1, 0.15) is 49.9 Å². The molecule has 0 spiro atoms. The number of rotatable bonds is 8. The number of aryl methyl sites for hydroxylation is 1. The third-order valence-corrected chi connectivity index (χ3v) is 12.0. The van der Waals surface area contributed by atoms with Crippen LogP contribution in [-0.2, 0) is 31.4 Å². The Bertz CT molecular complexity index is 1590. The molecule has 3 aromatic rings. The summed E-state index contributed by atoms with van der Waals surface area (Å²) in [7, 11) is -2.93. The van der Waals surface area contributed by atoms with Crippen molar-refractivity contribution in [2.75, 3.05) is 20.0 Å². The lowest BCUT2D eigenvalue weighted by atomic mass is 9.70. The number of hydrogen-bond acceptors (Lipinski definition) is 8. The van der Waals surface area contributed by atoms with E-state index in [-0.39, 0.29) is 28.4 Å². The summed E-state index contributed by atoms with van der Waals surface area (Å²) in [5, 5.41) is -0.0943. The molecule has 2 aromatic heterocycles. The summed E-state index contributed by atoms with van der Waals surface area (Å²) in [6.45, 7) is 7.71. The topological polar surface area (TPSA) is 117 Å². The molecule has 2 fully saturated rings. The Balaban J connectivity index is 1.62. The summed E-state index contributed by atoms with van der Waals surface area (Å²) in [4.78, 5) is 22.1. The molecule has 0 amide bonds. The highest BCUT2D eigenvalue weighted by Gasteiger charge is 2.65. The van der Waals surface area contributed by atoms with Gasteiger partial charge in [0.25, 0.3) is 0 Å². The summed E-state index contributed by atoms with van der Waals surface area (Å²) in [5.41, 5.74) is 1.36. The van der Waals surface area contributed by atoms with Crippen molar-refractivity contribution in [3.05, 3.63) is 41.2 Å². The minimum absolute atomic E-state index is 0.00247. The van der Waals surface area contributed by atoms with Crippen molar-refractivity contribution in [1.29, 1.82) is 0 Å². The molecule has 11 heteroatoms. The average Bonchev–Trinajstić information content (AvgIpc) is 3.42. The van der Waals surface area contributed by atoms with Gasteiger partial charge in [0, 0.05) is 29.8 Å². The maximum atomic E-state index is 14.2. The number of benzene rings is 1. The standard InChI is InChI=1S/C27H33N3O6S2/c1-16-13-28-21(17(2)24(16)36-6)14-37(32)25-29-20-12-19(35-5)7-8-22(20)30(25)38(33,34)15-27-10-9-18(11-23(27)31)26(27,3)4/h7-8,12-13,18H,9-11,14-15H2,1-6H3/t18-,27+,37?/m1/s1. The van der Waals surface area contributed by atoms with E-state index in [1.165, 1.54) is 7.11 Å². The molecule has 2 saturated carbocycles. The van der Waals surface area contributed by atoms with Gasteiger partial charge in [-0.2, -0.15) is 0 Å². The van der Waals surface area contributed by atoms with Crippen molar-refractivity contribution < 1.29 is 26.9 Å². The zero-order valence-corrected chi connectivity index (χ0v) is 24.2.